The lowest BCUT2D eigenvalue weighted by molar-refractivity contribution is 0.452. The summed E-state index contributed by atoms with van der Waals surface area (Å²) >= 11 is 12.5. The second-order valence-electron chi connectivity index (χ2n) is 5.44. The van der Waals surface area contributed by atoms with E-state index in [1.54, 1.807) is 30.3 Å². The van der Waals surface area contributed by atoms with Gasteiger partial charge >= 0.3 is 0 Å². The van der Waals surface area contributed by atoms with Gasteiger partial charge in [-0.15, -0.1) is 5.10 Å². The SMILES string of the molecule is O=c1ncn2nc(Oc3ccccc3)ccc2c1-c1c(Cl)cccc1Cl. The van der Waals surface area contributed by atoms with E-state index < -0.39 is 5.56 Å². The quantitative estimate of drug-likeness (QED) is 0.507. The van der Waals surface area contributed by atoms with Crippen LogP contribution in [-0.4, -0.2) is 14.6 Å². The molecule has 2 aromatic heterocycles. The van der Waals surface area contributed by atoms with Crippen LogP contribution in [0.15, 0.2) is 71.8 Å². The van der Waals surface area contributed by atoms with Gasteiger partial charge in [0.25, 0.3) is 5.56 Å². The van der Waals surface area contributed by atoms with Crippen molar-refractivity contribution < 1.29 is 4.74 Å². The summed E-state index contributed by atoms with van der Waals surface area (Å²) in [6.07, 6.45) is 1.34. The maximum Gasteiger partial charge on any atom is 0.281 e. The lowest BCUT2D eigenvalue weighted by Crippen LogP contribution is -2.14. The molecule has 0 aliphatic rings. The molecule has 0 radical (unpaired) electrons. The Bertz CT molecular complexity index is 1140. The second kappa shape index (κ2) is 6.78. The number of halogens is 2. The Hall–Kier alpha value is -2.89. The number of benzene rings is 2. The number of hydrogen-bond donors (Lipinski definition) is 0. The smallest absolute Gasteiger partial charge is 0.281 e. The zero-order chi connectivity index (χ0) is 18.1. The first-order chi connectivity index (χ1) is 12.6. The van der Waals surface area contributed by atoms with Gasteiger partial charge in [-0.3, -0.25) is 4.79 Å². The first-order valence-corrected chi connectivity index (χ1v) is 8.45. The van der Waals surface area contributed by atoms with Crippen molar-refractivity contribution in [1.29, 1.82) is 0 Å². The predicted octanol–water partition coefficient (Wildman–Crippen LogP) is 4.86. The highest BCUT2D eigenvalue weighted by atomic mass is 35.5. The van der Waals surface area contributed by atoms with Gasteiger partial charge in [0, 0.05) is 11.6 Å². The van der Waals surface area contributed by atoms with Gasteiger partial charge in [0.05, 0.1) is 21.1 Å². The van der Waals surface area contributed by atoms with Gasteiger partial charge in [-0.05, 0) is 30.3 Å². The highest BCUT2D eigenvalue weighted by Gasteiger charge is 2.17. The molecule has 0 saturated carbocycles. The van der Waals surface area contributed by atoms with Gasteiger partial charge in [0.1, 0.15) is 12.1 Å². The summed E-state index contributed by atoms with van der Waals surface area (Å²) in [6, 6.07) is 17.7. The Labute approximate surface area is 158 Å². The number of para-hydroxylation sites is 1. The average molecular weight is 384 g/mol. The summed E-state index contributed by atoms with van der Waals surface area (Å²) < 4.78 is 7.19. The van der Waals surface area contributed by atoms with E-state index in [1.807, 2.05) is 30.3 Å². The molecule has 0 spiro atoms. The summed E-state index contributed by atoms with van der Waals surface area (Å²) in [5.41, 5.74) is 0.825. The molecule has 26 heavy (non-hydrogen) atoms. The van der Waals surface area contributed by atoms with Crippen molar-refractivity contribution in [2.45, 2.75) is 0 Å². The maximum atomic E-state index is 12.4. The fraction of sp³-hybridized carbons (Fsp3) is 0. The van der Waals surface area contributed by atoms with Crippen LogP contribution >= 0.6 is 23.2 Å². The lowest BCUT2D eigenvalue weighted by Gasteiger charge is -2.11. The van der Waals surface area contributed by atoms with Gasteiger partial charge in [0.2, 0.25) is 5.88 Å². The van der Waals surface area contributed by atoms with Crippen LogP contribution < -0.4 is 10.3 Å². The van der Waals surface area contributed by atoms with Crippen LogP contribution in [0.5, 0.6) is 11.6 Å². The molecule has 7 heteroatoms. The fourth-order valence-electron chi connectivity index (χ4n) is 2.62. The minimum Gasteiger partial charge on any atom is -0.438 e. The van der Waals surface area contributed by atoms with Crippen LogP contribution in [0.1, 0.15) is 0 Å². The number of rotatable bonds is 3. The molecule has 0 fully saturated rings. The third-order valence-electron chi connectivity index (χ3n) is 3.77. The molecule has 0 unspecified atom stereocenters. The minimum absolute atomic E-state index is 0.293. The number of fused-ring (bicyclic) bond motifs is 1. The molecule has 2 heterocycles. The Morgan fingerprint density at radius 1 is 0.846 bits per heavy atom. The summed E-state index contributed by atoms with van der Waals surface area (Å²) in [5.74, 6) is 1.02. The zero-order valence-corrected chi connectivity index (χ0v) is 14.8. The van der Waals surface area contributed by atoms with E-state index in [9.17, 15) is 4.79 Å². The third kappa shape index (κ3) is 3.03. The highest BCUT2D eigenvalue weighted by Crippen LogP contribution is 2.34. The normalized spacial score (nSPS) is 10.8. The minimum atomic E-state index is -0.432. The van der Waals surface area contributed by atoms with Gasteiger partial charge in [-0.1, -0.05) is 47.5 Å². The van der Waals surface area contributed by atoms with Crippen LogP contribution in [0.3, 0.4) is 0 Å². The van der Waals surface area contributed by atoms with E-state index in [0.717, 1.165) is 0 Å². The molecule has 0 aliphatic carbocycles. The van der Waals surface area contributed by atoms with Crippen molar-refractivity contribution in [1.82, 2.24) is 14.6 Å². The van der Waals surface area contributed by atoms with Crippen LogP contribution in [0, 0.1) is 0 Å². The molecule has 4 aromatic rings. The van der Waals surface area contributed by atoms with Crippen molar-refractivity contribution in [2.75, 3.05) is 0 Å². The summed E-state index contributed by atoms with van der Waals surface area (Å²) in [5, 5.41) is 5.10. The molecule has 4 rings (SSSR count). The van der Waals surface area contributed by atoms with E-state index in [2.05, 4.69) is 10.1 Å². The van der Waals surface area contributed by atoms with Crippen LogP contribution in [0.25, 0.3) is 16.6 Å². The number of hydrogen-bond acceptors (Lipinski definition) is 4. The standard InChI is InChI=1S/C19H11Cl2N3O2/c20-13-7-4-8-14(21)17(13)18-15-9-10-16(23-24(15)11-22-19(18)25)26-12-5-2-1-3-6-12/h1-11H. The number of aromatic nitrogens is 3. The molecule has 0 aliphatic heterocycles. The number of ether oxygens (including phenoxy) is 1. The van der Waals surface area contributed by atoms with Crippen molar-refractivity contribution in [3.63, 3.8) is 0 Å². The van der Waals surface area contributed by atoms with Crippen LogP contribution in [0.2, 0.25) is 10.0 Å². The van der Waals surface area contributed by atoms with Crippen molar-refractivity contribution in [3.8, 4) is 22.8 Å². The molecule has 0 atom stereocenters. The van der Waals surface area contributed by atoms with E-state index in [0.29, 0.717) is 38.3 Å². The van der Waals surface area contributed by atoms with Crippen molar-refractivity contribution in [2.24, 2.45) is 0 Å². The summed E-state index contributed by atoms with van der Waals surface area (Å²) in [4.78, 5) is 16.3. The second-order valence-corrected chi connectivity index (χ2v) is 6.25. The number of nitrogens with zero attached hydrogens (tertiary/aromatic N) is 3. The summed E-state index contributed by atoms with van der Waals surface area (Å²) in [7, 11) is 0. The van der Waals surface area contributed by atoms with Gasteiger partial charge in [0.15, 0.2) is 0 Å². The van der Waals surface area contributed by atoms with E-state index in [-0.39, 0.29) is 0 Å². The molecule has 128 valence electrons. The zero-order valence-electron chi connectivity index (χ0n) is 13.3. The molecular weight excluding hydrogens is 373 g/mol. The Morgan fingerprint density at radius 3 is 2.31 bits per heavy atom. The largest absolute Gasteiger partial charge is 0.438 e. The Balaban J connectivity index is 1.87. The van der Waals surface area contributed by atoms with E-state index in [1.165, 1.54) is 10.8 Å². The molecule has 0 bridgehead atoms. The lowest BCUT2D eigenvalue weighted by atomic mass is 10.1. The van der Waals surface area contributed by atoms with Gasteiger partial charge in [-0.2, -0.15) is 4.98 Å². The first kappa shape index (κ1) is 16.6. The molecule has 2 aromatic carbocycles. The van der Waals surface area contributed by atoms with Crippen LogP contribution in [0.4, 0.5) is 0 Å². The van der Waals surface area contributed by atoms with Gasteiger partial charge < -0.3 is 4.74 Å². The molecular formula is C19H11Cl2N3O2. The fourth-order valence-corrected chi connectivity index (χ4v) is 3.21. The summed E-state index contributed by atoms with van der Waals surface area (Å²) in [6.45, 7) is 0. The van der Waals surface area contributed by atoms with Crippen LogP contribution in [-0.2, 0) is 0 Å². The molecule has 0 N–H and O–H groups in total. The van der Waals surface area contributed by atoms with Crippen molar-refractivity contribution in [3.05, 3.63) is 87.4 Å². The molecule has 5 nitrogen and oxygen atoms in total. The van der Waals surface area contributed by atoms with E-state index >= 15 is 0 Å². The first-order valence-electron chi connectivity index (χ1n) is 7.69. The Kier molecular flexibility index (Phi) is 4.32. The van der Waals surface area contributed by atoms with E-state index in [4.69, 9.17) is 27.9 Å². The molecule has 0 saturated heterocycles. The third-order valence-corrected chi connectivity index (χ3v) is 4.40. The highest BCUT2D eigenvalue weighted by molar-refractivity contribution is 6.39. The van der Waals surface area contributed by atoms with Gasteiger partial charge in [-0.25, -0.2) is 4.52 Å². The monoisotopic (exact) mass is 383 g/mol. The topological polar surface area (TPSA) is 56.5 Å². The molecule has 0 amide bonds. The van der Waals surface area contributed by atoms with Crippen molar-refractivity contribution >= 4 is 28.7 Å². The predicted molar refractivity (Wildman–Crippen MR) is 101 cm³/mol. The average Bonchev–Trinajstić information content (AvgIpc) is 2.64. The Morgan fingerprint density at radius 2 is 1.58 bits per heavy atom. The maximum absolute atomic E-state index is 12.4.